The van der Waals surface area contributed by atoms with Gasteiger partial charge in [0.05, 0.1) is 5.56 Å². The quantitative estimate of drug-likeness (QED) is 0.374. The standard InChI is InChI=1S/C22H18NO/c1-13(2)15-8-11-19-21-16(14(3)23(19)12-15)9-10-18-17-6-4-5-7-20(17)24-22(18)21/h4-13H,3H2,1-2H3/q+1. The van der Waals surface area contributed by atoms with Crippen molar-refractivity contribution in [3.05, 3.63) is 72.4 Å². The summed E-state index contributed by atoms with van der Waals surface area (Å²) in [6.07, 6.45) is 2.21. The molecular weight excluding hydrogens is 294 g/mol. The number of furan rings is 1. The van der Waals surface area contributed by atoms with Crippen LogP contribution in [0.15, 0.2) is 65.7 Å². The predicted molar refractivity (Wildman–Crippen MR) is 97.9 cm³/mol. The van der Waals surface area contributed by atoms with E-state index in [0.717, 1.165) is 39.1 Å². The summed E-state index contributed by atoms with van der Waals surface area (Å²) in [6, 6.07) is 16.9. The Morgan fingerprint density at radius 2 is 1.79 bits per heavy atom. The van der Waals surface area contributed by atoms with E-state index in [1.807, 2.05) is 12.1 Å². The molecule has 0 bridgehead atoms. The zero-order chi connectivity index (χ0) is 16.4. The molecule has 2 aromatic carbocycles. The molecule has 0 saturated heterocycles. The number of benzene rings is 2. The molecule has 2 heteroatoms. The molecule has 0 spiro atoms. The fourth-order valence-corrected chi connectivity index (χ4v) is 3.70. The van der Waals surface area contributed by atoms with Crippen molar-refractivity contribution in [2.45, 2.75) is 19.8 Å². The van der Waals surface area contributed by atoms with Crippen LogP contribution in [0.4, 0.5) is 0 Å². The maximum absolute atomic E-state index is 6.22. The molecule has 0 unspecified atom stereocenters. The highest BCUT2D eigenvalue weighted by molar-refractivity contribution is 6.11. The van der Waals surface area contributed by atoms with Crippen LogP contribution >= 0.6 is 0 Å². The Hall–Kier alpha value is -2.87. The van der Waals surface area contributed by atoms with Gasteiger partial charge in [-0.15, -0.1) is 0 Å². The van der Waals surface area contributed by atoms with Gasteiger partial charge in [0.1, 0.15) is 16.7 Å². The minimum absolute atomic E-state index is 0.491. The van der Waals surface area contributed by atoms with Gasteiger partial charge in [-0.3, -0.25) is 0 Å². The number of hydrogen-bond donors (Lipinski definition) is 0. The Kier molecular flexibility index (Phi) is 2.58. The van der Waals surface area contributed by atoms with Gasteiger partial charge in [-0.25, -0.2) is 0 Å². The fraction of sp³-hybridized carbons (Fsp3) is 0.136. The average molecular weight is 312 g/mol. The van der Waals surface area contributed by atoms with E-state index in [1.165, 1.54) is 10.9 Å². The third-order valence-corrected chi connectivity index (χ3v) is 5.04. The fourth-order valence-electron chi connectivity index (χ4n) is 3.70. The molecule has 4 aromatic rings. The second-order valence-corrected chi connectivity index (χ2v) is 6.78. The number of hydrogen-bond acceptors (Lipinski definition) is 1. The molecule has 2 nitrogen and oxygen atoms in total. The number of para-hydroxylation sites is 1. The highest BCUT2D eigenvalue weighted by atomic mass is 16.3. The summed E-state index contributed by atoms with van der Waals surface area (Å²) in [5, 5.41) is 2.33. The highest BCUT2D eigenvalue weighted by Crippen LogP contribution is 2.41. The Morgan fingerprint density at radius 3 is 2.62 bits per heavy atom. The highest BCUT2D eigenvalue weighted by Gasteiger charge is 2.34. The lowest BCUT2D eigenvalue weighted by Gasteiger charge is -2.03. The van der Waals surface area contributed by atoms with Crippen molar-refractivity contribution in [2.24, 2.45) is 0 Å². The number of fused-ring (bicyclic) bond motifs is 7. The van der Waals surface area contributed by atoms with E-state index >= 15 is 0 Å². The first-order valence-corrected chi connectivity index (χ1v) is 8.35. The maximum atomic E-state index is 6.22. The van der Waals surface area contributed by atoms with Crippen LogP contribution in [0.1, 0.15) is 30.9 Å². The van der Waals surface area contributed by atoms with E-state index in [0.29, 0.717) is 5.92 Å². The molecule has 0 amide bonds. The second-order valence-electron chi connectivity index (χ2n) is 6.78. The summed E-state index contributed by atoms with van der Waals surface area (Å²) in [4.78, 5) is 0. The predicted octanol–water partition coefficient (Wildman–Crippen LogP) is 5.50. The van der Waals surface area contributed by atoms with Gasteiger partial charge in [-0.2, -0.15) is 4.57 Å². The topological polar surface area (TPSA) is 17.0 Å². The van der Waals surface area contributed by atoms with Crippen molar-refractivity contribution in [2.75, 3.05) is 0 Å². The largest absolute Gasteiger partial charge is 0.455 e. The van der Waals surface area contributed by atoms with Crippen molar-refractivity contribution >= 4 is 27.6 Å². The number of pyridine rings is 1. The van der Waals surface area contributed by atoms with E-state index in [-0.39, 0.29) is 0 Å². The van der Waals surface area contributed by atoms with Crippen molar-refractivity contribution in [1.29, 1.82) is 0 Å². The minimum Gasteiger partial charge on any atom is -0.455 e. The molecule has 3 heterocycles. The lowest BCUT2D eigenvalue weighted by molar-refractivity contribution is -0.563. The summed E-state index contributed by atoms with van der Waals surface area (Å²) in [7, 11) is 0. The summed E-state index contributed by atoms with van der Waals surface area (Å²) < 4.78 is 8.42. The van der Waals surface area contributed by atoms with Crippen molar-refractivity contribution in [3.8, 4) is 11.3 Å². The van der Waals surface area contributed by atoms with Gasteiger partial charge >= 0.3 is 0 Å². The second kappa shape index (κ2) is 4.57. The zero-order valence-electron chi connectivity index (χ0n) is 13.8. The van der Waals surface area contributed by atoms with E-state index in [2.05, 4.69) is 67.6 Å². The molecule has 1 aliphatic rings. The first-order chi connectivity index (χ1) is 11.6. The molecule has 2 aromatic heterocycles. The van der Waals surface area contributed by atoms with Gasteiger partial charge in [0.15, 0.2) is 6.20 Å². The first-order valence-electron chi connectivity index (χ1n) is 8.35. The third-order valence-electron chi connectivity index (χ3n) is 5.04. The summed E-state index contributed by atoms with van der Waals surface area (Å²) >= 11 is 0. The van der Waals surface area contributed by atoms with Crippen LogP contribution in [-0.2, 0) is 0 Å². The van der Waals surface area contributed by atoms with Gasteiger partial charge in [0, 0.05) is 22.4 Å². The molecule has 0 radical (unpaired) electrons. The van der Waals surface area contributed by atoms with Gasteiger partial charge in [0.2, 0.25) is 11.4 Å². The van der Waals surface area contributed by atoms with E-state index in [9.17, 15) is 0 Å². The van der Waals surface area contributed by atoms with Crippen LogP contribution in [0, 0.1) is 0 Å². The van der Waals surface area contributed by atoms with Gasteiger partial charge in [-0.05, 0) is 36.8 Å². The lowest BCUT2D eigenvalue weighted by Crippen LogP contribution is -2.30. The minimum atomic E-state index is 0.491. The molecule has 0 saturated carbocycles. The summed E-state index contributed by atoms with van der Waals surface area (Å²) in [5.74, 6) is 0.491. The Bertz CT molecular complexity index is 1150. The van der Waals surface area contributed by atoms with E-state index in [4.69, 9.17) is 4.42 Å². The molecule has 116 valence electrons. The molecule has 5 rings (SSSR count). The smallest absolute Gasteiger partial charge is 0.223 e. The van der Waals surface area contributed by atoms with Crippen molar-refractivity contribution < 1.29 is 8.98 Å². The average Bonchev–Trinajstić information content (AvgIpc) is 3.11. The number of rotatable bonds is 1. The Morgan fingerprint density at radius 1 is 0.958 bits per heavy atom. The van der Waals surface area contributed by atoms with Crippen molar-refractivity contribution in [3.63, 3.8) is 0 Å². The van der Waals surface area contributed by atoms with E-state index < -0.39 is 0 Å². The molecule has 0 N–H and O–H groups in total. The normalized spacial score (nSPS) is 13.0. The van der Waals surface area contributed by atoms with Crippen LogP contribution in [-0.4, -0.2) is 0 Å². The third kappa shape index (κ3) is 1.63. The van der Waals surface area contributed by atoms with Crippen LogP contribution < -0.4 is 4.57 Å². The van der Waals surface area contributed by atoms with Crippen molar-refractivity contribution in [1.82, 2.24) is 0 Å². The lowest BCUT2D eigenvalue weighted by atomic mass is 10.0. The number of aromatic nitrogens is 1. The van der Waals surface area contributed by atoms with Crippen LogP contribution in [0.2, 0.25) is 0 Å². The molecule has 0 fully saturated rings. The van der Waals surface area contributed by atoms with Gasteiger partial charge in [-0.1, -0.05) is 32.0 Å². The van der Waals surface area contributed by atoms with Gasteiger partial charge < -0.3 is 4.42 Å². The Labute approximate surface area is 140 Å². The molecular formula is C22H18NO+. The number of nitrogens with zero attached hydrogens (tertiary/aromatic N) is 1. The first kappa shape index (κ1) is 13.6. The van der Waals surface area contributed by atoms with Crippen LogP contribution in [0.3, 0.4) is 0 Å². The van der Waals surface area contributed by atoms with E-state index in [1.54, 1.807) is 0 Å². The summed E-state index contributed by atoms with van der Waals surface area (Å²) in [6.45, 7) is 8.75. The van der Waals surface area contributed by atoms with Crippen LogP contribution in [0.5, 0.6) is 0 Å². The van der Waals surface area contributed by atoms with Gasteiger partial charge in [0.25, 0.3) is 0 Å². The SMILES string of the molecule is C=C1c2ccc3c(oc4ccccc43)c2-c2ccc(C(C)C)c[n+]21. The molecule has 1 aliphatic heterocycles. The summed E-state index contributed by atoms with van der Waals surface area (Å²) in [5.41, 5.74) is 7.69. The molecule has 0 atom stereocenters. The molecule has 0 aliphatic carbocycles. The van der Waals surface area contributed by atoms with Crippen LogP contribution in [0.25, 0.3) is 38.9 Å². The monoisotopic (exact) mass is 312 g/mol. The molecule has 24 heavy (non-hydrogen) atoms. The zero-order valence-corrected chi connectivity index (χ0v) is 13.8. The Balaban J connectivity index is 1.89. The maximum Gasteiger partial charge on any atom is 0.223 e.